The van der Waals surface area contributed by atoms with Crippen molar-refractivity contribution < 1.29 is 0 Å². The Morgan fingerprint density at radius 2 is 1.81 bits per heavy atom. The van der Waals surface area contributed by atoms with E-state index < -0.39 is 0 Å². The van der Waals surface area contributed by atoms with Gasteiger partial charge >= 0.3 is 0 Å². The van der Waals surface area contributed by atoms with Gasteiger partial charge in [-0.1, -0.05) is 75.9 Å². The van der Waals surface area contributed by atoms with E-state index in [-0.39, 0.29) is 5.92 Å². The summed E-state index contributed by atoms with van der Waals surface area (Å²) in [5.74, 6) is 0.251. The van der Waals surface area contributed by atoms with Gasteiger partial charge in [0.1, 0.15) is 0 Å². The second-order valence-electron chi connectivity index (χ2n) is 6.96. The number of hydrogen-bond acceptors (Lipinski definition) is 2. The van der Waals surface area contributed by atoms with Crippen LogP contribution in [0.5, 0.6) is 0 Å². The maximum atomic E-state index is 8.08. The molecule has 0 fully saturated rings. The van der Waals surface area contributed by atoms with E-state index >= 15 is 0 Å². The molecule has 2 aromatic rings. The maximum absolute atomic E-state index is 8.08. The molecule has 0 bridgehead atoms. The van der Waals surface area contributed by atoms with E-state index in [1.165, 1.54) is 22.3 Å². The average molecular weight is 347 g/mol. The molecule has 0 spiro atoms. The number of aryl methyl sites for hydroxylation is 1. The van der Waals surface area contributed by atoms with Crippen LogP contribution in [-0.4, -0.2) is 12.3 Å². The normalized spacial score (nSPS) is 11.5. The van der Waals surface area contributed by atoms with Crippen LogP contribution in [0.15, 0.2) is 66.8 Å². The lowest BCUT2D eigenvalue weighted by molar-refractivity contribution is 0.869. The SMILES string of the molecule is C=C(NC/C(=C/C(=N)C(C)C)CC)c1c(C)cccc1-c1ccccc1. The number of hydrogen-bond donors (Lipinski definition) is 2. The van der Waals surface area contributed by atoms with E-state index in [9.17, 15) is 0 Å². The van der Waals surface area contributed by atoms with E-state index in [1.54, 1.807) is 0 Å². The molecular weight excluding hydrogens is 316 g/mol. The number of nitrogens with one attached hydrogen (secondary N) is 2. The highest BCUT2D eigenvalue weighted by Gasteiger charge is 2.11. The monoisotopic (exact) mass is 346 g/mol. The van der Waals surface area contributed by atoms with Gasteiger partial charge in [-0.15, -0.1) is 0 Å². The molecule has 0 aliphatic rings. The highest BCUT2D eigenvalue weighted by Crippen LogP contribution is 2.29. The van der Waals surface area contributed by atoms with Gasteiger partial charge in [0.2, 0.25) is 0 Å². The van der Waals surface area contributed by atoms with Crippen LogP contribution in [0.3, 0.4) is 0 Å². The average Bonchev–Trinajstić information content (AvgIpc) is 2.65. The highest BCUT2D eigenvalue weighted by atomic mass is 14.9. The third kappa shape index (κ3) is 4.95. The molecule has 2 N–H and O–H groups in total. The quantitative estimate of drug-likeness (QED) is 0.546. The lowest BCUT2D eigenvalue weighted by Gasteiger charge is -2.18. The number of allylic oxidation sites excluding steroid dienone is 1. The molecule has 0 atom stereocenters. The molecule has 0 saturated heterocycles. The number of rotatable bonds is 8. The summed E-state index contributed by atoms with van der Waals surface area (Å²) in [4.78, 5) is 0. The lowest BCUT2D eigenvalue weighted by Crippen LogP contribution is -2.17. The summed E-state index contributed by atoms with van der Waals surface area (Å²) in [6.07, 6.45) is 2.93. The third-order valence-corrected chi connectivity index (χ3v) is 4.62. The van der Waals surface area contributed by atoms with Crippen molar-refractivity contribution in [1.82, 2.24) is 5.32 Å². The lowest BCUT2D eigenvalue weighted by atomic mass is 9.94. The van der Waals surface area contributed by atoms with Gasteiger partial charge in [0, 0.05) is 23.5 Å². The van der Waals surface area contributed by atoms with Crippen molar-refractivity contribution in [2.45, 2.75) is 34.1 Å². The third-order valence-electron chi connectivity index (χ3n) is 4.62. The summed E-state index contributed by atoms with van der Waals surface area (Å²) >= 11 is 0. The highest BCUT2D eigenvalue weighted by molar-refractivity contribution is 5.94. The van der Waals surface area contributed by atoms with E-state index in [1.807, 2.05) is 12.1 Å². The zero-order valence-electron chi connectivity index (χ0n) is 16.4. The minimum atomic E-state index is 0.251. The molecule has 136 valence electrons. The Morgan fingerprint density at radius 1 is 1.12 bits per heavy atom. The van der Waals surface area contributed by atoms with Crippen LogP contribution in [0.25, 0.3) is 16.8 Å². The molecule has 0 aliphatic carbocycles. The maximum Gasteiger partial charge on any atom is 0.0363 e. The van der Waals surface area contributed by atoms with Gasteiger partial charge in [-0.2, -0.15) is 0 Å². The van der Waals surface area contributed by atoms with E-state index in [0.717, 1.165) is 17.7 Å². The van der Waals surface area contributed by atoms with Gasteiger partial charge in [0.15, 0.2) is 0 Å². The van der Waals surface area contributed by atoms with Gasteiger partial charge in [-0.3, -0.25) is 0 Å². The Morgan fingerprint density at radius 3 is 2.42 bits per heavy atom. The Hall–Kier alpha value is -2.61. The summed E-state index contributed by atoms with van der Waals surface area (Å²) in [7, 11) is 0. The van der Waals surface area contributed by atoms with Crippen LogP contribution in [-0.2, 0) is 0 Å². The molecule has 2 heteroatoms. The smallest absolute Gasteiger partial charge is 0.0363 e. The number of benzene rings is 2. The molecule has 0 radical (unpaired) electrons. The molecule has 26 heavy (non-hydrogen) atoms. The molecule has 2 rings (SSSR count). The first-order valence-electron chi connectivity index (χ1n) is 9.30. The molecule has 0 aliphatic heterocycles. The first-order chi connectivity index (χ1) is 12.4. The molecule has 2 nitrogen and oxygen atoms in total. The molecule has 0 aromatic heterocycles. The minimum Gasteiger partial charge on any atom is -0.381 e. The van der Waals surface area contributed by atoms with Crippen molar-refractivity contribution in [3.63, 3.8) is 0 Å². The molecule has 0 saturated carbocycles. The molecular formula is C24H30N2. The zero-order chi connectivity index (χ0) is 19.1. The van der Waals surface area contributed by atoms with Crippen LogP contribution >= 0.6 is 0 Å². The zero-order valence-corrected chi connectivity index (χ0v) is 16.4. The van der Waals surface area contributed by atoms with Crippen molar-refractivity contribution in [2.75, 3.05) is 6.54 Å². The van der Waals surface area contributed by atoms with Crippen LogP contribution < -0.4 is 5.32 Å². The second kappa shape index (κ2) is 9.19. The predicted octanol–water partition coefficient (Wildman–Crippen LogP) is 6.23. The van der Waals surface area contributed by atoms with Gasteiger partial charge in [0.05, 0.1) is 0 Å². The Balaban J connectivity index is 2.24. The van der Waals surface area contributed by atoms with Crippen LogP contribution in [0.2, 0.25) is 0 Å². The van der Waals surface area contributed by atoms with Gasteiger partial charge in [0.25, 0.3) is 0 Å². The van der Waals surface area contributed by atoms with Crippen molar-refractivity contribution >= 4 is 11.4 Å². The Kier molecular flexibility index (Phi) is 6.97. The summed E-state index contributed by atoms with van der Waals surface area (Å²) < 4.78 is 0. The topological polar surface area (TPSA) is 35.9 Å². The Bertz CT molecular complexity index is 798. The largest absolute Gasteiger partial charge is 0.381 e. The molecule has 0 unspecified atom stereocenters. The van der Waals surface area contributed by atoms with Crippen molar-refractivity contribution in [1.29, 1.82) is 5.41 Å². The van der Waals surface area contributed by atoms with E-state index in [4.69, 9.17) is 5.41 Å². The standard InChI is InChI=1S/C24H30N2/c1-6-20(15-23(25)17(2)3)16-26-19(5)24-18(4)11-10-14-22(24)21-12-8-7-9-13-21/h7-15,17,25-26H,5-6,16H2,1-4H3/b20-15+,25-23?. The first-order valence-corrected chi connectivity index (χ1v) is 9.30. The van der Waals surface area contributed by atoms with Crippen LogP contribution in [0.1, 0.15) is 38.3 Å². The van der Waals surface area contributed by atoms with Crippen LogP contribution in [0, 0.1) is 18.3 Å². The summed E-state index contributed by atoms with van der Waals surface area (Å²) in [5, 5.41) is 11.6. The van der Waals surface area contributed by atoms with E-state index in [0.29, 0.717) is 12.3 Å². The first kappa shape index (κ1) is 19.7. The van der Waals surface area contributed by atoms with Crippen molar-refractivity contribution in [3.8, 4) is 11.1 Å². The fraction of sp³-hybridized carbons (Fsp3) is 0.292. The summed E-state index contributed by atoms with van der Waals surface area (Å²) in [5.41, 5.74) is 7.59. The summed E-state index contributed by atoms with van der Waals surface area (Å²) in [6.45, 7) is 13.4. The van der Waals surface area contributed by atoms with Crippen molar-refractivity contribution in [3.05, 3.63) is 77.9 Å². The minimum absolute atomic E-state index is 0.251. The predicted molar refractivity (Wildman–Crippen MR) is 115 cm³/mol. The van der Waals surface area contributed by atoms with Crippen LogP contribution in [0.4, 0.5) is 0 Å². The second-order valence-corrected chi connectivity index (χ2v) is 6.96. The van der Waals surface area contributed by atoms with Gasteiger partial charge < -0.3 is 10.7 Å². The molecule has 0 amide bonds. The summed E-state index contributed by atoms with van der Waals surface area (Å²) in [6, 6.07) is 16.8. The van der Waals surface area contributed by atoms with E-state index in [2.05, 4.69) is 82.1 Å². The van der Waals surface area contributed by atoms with Crippen molar-refractivity contribution in [2.24, 2.45) is 5.92 Å². The fourth-order valence-electron chi connectivity index (χ4n) is 2.90. The molecule has 2 aromatic carbocycles. The van der Waals surface area contributed by atoms with Gasteiger partial charge in [-0.25, -0.2) is 0 Å². The molecule has 0 heterocycles. The Labute approximate surface area is 158 Å². The van der Waals surface area contributed by atoms with Gasteiger partial charge in [-0.05, 0) is 47.6 Å². The fourth-order valence-corrected chi connectivity index (χ4v) is 2.90.